The molecule has 29 heavy (non-hydrogen) atoms. The smallest absolute Gasteiger partial charge is 0.150 e. The normalized spacial score (nSPS) is 10.6. The van der Waals surface area contributed by atoms with Gasteiger partial charge in [-0.25, -0.2) is 14.4 Å². The summed E-state index contributed by atoms with van der Waals surface area (Å²) in [7, 11) is 0. The molecule has 0 aliphatic heterocycles. The summed E-state index contributed by atoms with van der Waals surface area (Å²) in [6.07, 6.45) is 4.89. The molecular formula is C23H20FN5. The minimum absolute atomic E-state index is 0.247. The van der Waals surface area contributed by atoms with Gasteiger partial charge in [0.05, 0.1) is 6.20 Å². The van der Waals surface area contributed by atoms with Gasteiger partial charge in [0.15, 0.2) is 0 Å². The highest BCUT2D eigenvalue weighted by Gasteiger charge is 2.07. The molecular weight excluding hydrogens is 365 g/mol. The van der Waals surface area contributed by atoms with Crippen molar-refractivity contribution in [3.63, 3.8) is 0 Å². The van der Waals surface area contributed by atoms with Gasteiger partial charge in [0, 0.05) is 18.9 Å². The molecule has 2 aromatic heterocycles. The Hall–Kier alpha value is -3.80. The predicted octanol–water partition coefficient (Wildman–Crippen LogP) is 5.34. The van der Waals surface area contributed by atoms with Crippen LogP contribution in [-0.2, 0) is 6.54 Å². The fourth-order valence-corrected chi connectivity index (χ4v) is 2.89. The highest BCUT2D eigenvalue weighted by Crippen LogP contribution is 2.26. The number of aryl methyl sites for hydroxylation is 1. The molecule has 2 heterocycles. The van der Waals surface area contributed by atoms with E-state index in [0.717, 1.165) is 16.7 Å². The van der Waals surface area contributed by atoms with E-state index in [4.69, 9.17) is 0 Å². The Kier molecular flexibility index (Phi) is 5.42. The van der Waals surface area contributed by atoms with Gasteiger partial charge in [-0.3, -0.25) is 4.98 Å². The van der Waals surface area contributed by atoms with Crippen LogP contribution < -0.4 is 10.6 Å². The van der Waals surface area contributed by atoms with E-state index in [1.165, 1.54) is 17.7 Å². The maximum absolute atomic E-state index is 13.1. The number of hydrogen-bond donors (Lipinski definition) is 2. The van der Waals surface area contributed by atoms with E-state index in [9.17, 15) is 4.39 Å². The first-order chi connectivity index (χ1) is 14.2. The lowest BCUT2D eigenvalue weighted by Gasteiger charge is -2.12. The van der Waals surface area contributed by atoms with E-state index in [1.54, 1.807) is 30.7 Å². The van der Waals surface area contributed by atoms with Gasteiger partial charge in [-0.15, -0.1) is 0 Å². The van der Waals surface area contributed by atoms with Crippen molar-refractivity contribution >= 4 is 17.5 Å². The molecule has 0 spiro atoms. The standard InChI is InChI=1S/C23H20FN5/c1-16-2-6-18(7-3-16)19-12-21(27-14-17-4-8-20(24)9-5-17)28-22(13-19)29-23-15-25-10-11-26-23/h2-13,15H,14H2,1H3,(H2,26,27,28,29). The molecule has 0 aliphatic rings. The number of nitrogens with zero attached hydrogens (tertiary/aromatic N) is 3. The second kappa shape index (κ2) is 8.48. The van der Waals surface area contributed by atoms with Gasteiger partial charge in [-0.1, -0.05) is 42.0 Å². The molecule has 0 amide bonds. The van der Waals surface area contributed by atoms with Gasteiger partial charge in [-0.2, -0.15) is 0 Å². The summed E-state index contributed by atoms with van der Waals surface area (Å²) in [6.45, 7) is 2.60. The number of hydrogen-bond acceptors (Lipinski definition) is 5. The van der Waals surface area contributed by atoms with E-state index in [1.807, 2.05) is 12.1 Å². The zero-order chi connectivity index (χ0) is 20.1. The average molecular weight is 385 g/mol. The van der Waals surface area contributed by atoms with Gasteiger partial charge in [0.2, 0.25) is 0 Å². The fraction of sp³-hybridized carbons (Fsp3) is 0.0870. The molecule has 0 fully saturated rings. The van der Waals surface area contributed by atoms with Crippen molar-refractivity contribution < 1.29 is 4.39 Å². The second-order valence-electron chi connectivity index (χ2n) is 6.69. The van der Waals surface area contributed by atoms with Crippen molar-refractivity contribution in [3.8, 4) is 11.1 Å². The first-order valence-electron chi connectivity index (χ1n) is 9.26. The Morgan fingerprint density at radius 3 is 2.31 bits per heavy atom. The Morgan fingerprint density at radius 1 is 0.828 bits per heavy atom. The van der Waals surface area contributed by atoms with Gasteiger partial charge in [-0.05, 0) is 47.9 Å². The highest BCUT2D eigenvalue weighted by atomic mass is 19.1. The second-order valence-corrected chi connectivity index (χ2v) is 6.69. The highest BCUT2D eigenvalue weighted by molar-refractivity contribution is 5.71. The quantitative estimate of drug-likeness (QED) is 0.469. The van der Waals surface area contributed by atoms with Gasteiger partial charge in [0.1, 0.15) is 23.3 Å². The first kappa shape index (κ1) is 18.6. The molecule has 0 saturated carbocycles. The van der Waals surface area contributed by atoms with Gasteiger partial charge in [0.25, 0.3) is 0 Å². The number of benzene rings is 2. The van der Waals surface area contributed by atoms with Gasteiger partial charge >= 0.3 is 0 Å². The molecule has 0 unspecified atom stereocenters. The van der Waals surface area contributed by atoms with E-state index in [0.29, 0.717) is 24.0 Å². The predicted molar refractivity (Wildman–Crippen MR) is 113 cm³/mol. The molecule has 5 nitrogen and oxygen atoms in total. The van der Waals surface area contributed by atoms with Crippen LogP contribution in [0.25, 0.3) is 11.1 Å². The molecule has 4 rings (SSSR count). The topological polar surface area (TPSA) is 62.7 Å². The maximum atomic E-state index is 13.1. The Balaban J connectivity index is 1.63. The molecule has 4 aromatic rings. The third-order valence-electron chi connectivity index (χ3n) is 4.42. The van der Waals surface area contributed by atoms with Crippen molar-refractivity contribution in [3.05, 3.63) is 96.2 Å². The van der Waals surface area contributed by atoms with Crippen molar-refractivity contribution in [1.29, 1.82) is 0 Å². The minimum atomic E-state index is -0.247. The summed E-state index contributed by atoms with van der Waals surface area (Å²) >= 11 is 0. The van der Waals surface area contributed by atoms with E-state index in [2.05, 4.69) is 56.8 Å². The monoisotopic (exact) mass is 385 g/mol. The molecule has 2 N–H and O–H groups in total. The van der Waals surface area contributed by atoms with Crippen molar-refractivity contribution in [2.45, 2.75) is 13.5 Å². The number of halogens is 1. The summed E-state index contributed by atoms with van der Waals surface area (Å²) in [6, 6.07) is 18.7. The summed E-state index contributed by atoms with van der Waals surface area (Å²) in [5.74, 6) is 1.73. The van der Waals surface area contributed by atoms with Gasteiger partial charge < -0.3 is 10.6 Å². The van der Waals surface area contributed by atoms with Crippen LogP contribution in [0.2, 0.25) is 0 Å². The van der Waals surface area contributed by atoms with E-state index >= 15 is 0 Å². The van der Waals surface area contributed by atoms with Crippen LogP contribution in [0.15, 0.2) is 79.3 Å². The van der Waals surface area contributed by atoms with Crippen molar-refractivity contribution in [2.24, 2.45) is 0 Å². The third-order valence-corrected chi connectivity index (χ3v) is 4.42. The van der Waals surface area contributed by atoms with Crippen LogP contribution in [0.1, 0.15) is 11.1 Å². The molecule has 0 radical (unpaired) electrons. The molecule has 6 heteroatoms. The SMILES string of the molecule is Cc1ccc(-c2cc(NCc3ccc(F)cc3)nc(Nc3cnccn3)c2)cc1. The zero-order valence-electron chi connectivity index (χ0n) is 15.9. The lowest BCUT2D eigenvalue weighted by Crippen LogP contribution is -2.04. The van der Waals surface area contributed by atoms with Crippen LogP contribution in [0, 0.1) is 12.7 Å². The number of rotatable bonds is 6. The van der Waals surface area contributed by atoms with Crippen LogP contribution in [0.4, 0.5) is 21.8 Å². The number of anilines is 3. The van der Waals surface area contributed by atoms with Crippen LogP contribution >= 0.6 is 0 Å². The molecule has 0 atom stereocenters. The van der Waals surface area contributed by atoms with Crippen molar-refractivity contribution in [1.82, 2.24) is 15.0 Å². The number of pyridine rings is 1. The Morgan fingerprint density at radius 2 is 1.59 bits per heavy atom. The summed E-state index contributed by atoms with van der Waals surface area (Å²) in [5.41, 5.74) is 4.28. The first-order valence-corrected chi connectivity index (χ1v) is 9.26. The maximum Gasteiger partial charge on any atom is 0.150 e. The van der Waals surface area contributed by atoms with Crippen LogP contribution in [-0.4, -0.2) is 15.0 Å². The Bertz CT molecular complexity index is 1080. The summed E-state index contributed by atoms with van der Waals surface area (Å²) in [4.78, 5) is 13.0. The molecule has 0 bridgehead atoms. The fourth-order valence-electron chi connectivity index (χ4n) is 2.89. The minimum Gasteiger partial charge on any atom is -0.366 e. The lowest BCUT2D eigenvalue weighted by atomic mass is 10.0. The Labute approximate surface area is 168 Å². The van der Waals surface area contributed by atoms with Crippen molar-refractivity contribution in [2.75, 3.05) is 10.6 Å². The number of aromatic nitrogens is 3. The molecule has 144 valence electrons. The average Bonchev–Trinajstić information content (AvgIpc) is 2.74. The lowest BCUT2D eigenvalue weighted by molar-refractivity contribution is 0.627. The number of nitrogens with one attached hydrogen (secondary N) is 2. The summed E-state index contributed by atoms with van der Waals surface area (Å²) in [5, 5.41) is 6.52. The molecule has 0 saturated heterocycles. The largest absolute Gasteiger partial charge is 0.366 e. The van der Waals surface area contributed by atoms with Crippen LogP contribution in [0.5, 0.6) is 0 Å². The summed E-state index contributed by atoms with van der Waals surface area (Å²) < 4.78 is 13.1. The van der Waals surface area contributed by atoms with E-state index < -0.39 is 0 Å². The third kappa shape index (κ3) is 4.93. The molecule has 0 aliphatic carbocycles. The zero-order valence-corrected chi connectivity index (χ0v) is 15.9. The molecule has 2 aromatic carbocycles. The van der Waals surface area contributed by atoms with E-state index in [-0.39, 0.29) is 5.82 Å². The van der Waals surface area contributed by atoms with Crippen LogP contribution in [0.3, 0.4) is 0 Å².